The number of rotatable bonds is 6. The first-order chi connectivity index (χ1) is 7.26. The van der Waals surface area contributed by atoms with Crippen molar-refractivity contribution in [1.29, 1.82) is 0 Å². The molecular weight excluding hydrogens is 192 g/mol. The number of H-pyrrole nitrogens is 1. The maximum Gasteiger partial charge on any atom is 0.266 e. The summed E-state index contributed by atoms with van der Waals surface area (Å²) in [6, 6.07) is 1.51. The van der Waals surface area contributed by atoms with Crippen LogP contribution in [0, 0.1) is 0 Å². The summed E-state index contributed by atoms with van der Waals surface area (Å²) in [6.45, 7) is 8.17. The van der Waals surface area contributed by atoms with Crippen LogP contribution in [0.2, 0.25) is 0 Å². The van der Waals surface area contributed by atoms with Gasteiger partial charge in [0.2, 0.25) is 0 Å². The minimum Gasteiger partial charge on any atom is -0.382 e. The number of hydrogen-bond donors (Lipinski definition) is 2. The van der Waals surface area contributed by atoms with Gasteiger partial charge in [-0.15, -0.1) is 0 Å². The average Bonchev–Trinajstić information content (AvgIpc) is 2.25. The summed E-state index contributed by atoms with van der Waals surface area (Å²) in [5.41, 5.74) is 0.591. The fraction of sp³-hybridized carbons (Fsp3) is 0.600. The van der Waals surface area contributed by atoms with Crippen molar-refractivity contribution >= 4 is 5.69 Å². The Morgan fingerprint density at radius 2 is 2.20 bits per heavy atom. The smallest absolute Gasteiger partial charge is 0.266 e. The topological polar surface area (TPSA) is 61.0 Å². The van der Waals surface area contributed by atoms with Crippen LogP contribution in [-0.4, -0.2) is 41.3 Å². The van der Waals surface area contributed by atoms with Gasteiger partial charge in [-0.3, -0.25) is 4.79 Å². The summed E-state index contributed by atoms with van der Waals surface area (Å²) in [7, 11) is 0. The molecule has 1 aromatic heterocycles. The van der Waals surface area contributed by atoms with E-state index in [0.717, 1.165) is 31.9 Å². The van der Waals surface area contributed by atoms with Crippen molar-refractivity contribution in [2.45, 2.75) is 13.8 Å². The van der Waals surface area contributed by atoms with Crippen LogP contribution in [0.25, 0.3) is 0 Å². The van der Waals surface area contributed by atoms with E-state index < -0.39 is 0 Å². The fourth-order valence-corrected chi connectivity index (χ4v) is 1.37. The van der Waals surface area contributed by atoms with Crippen LogP contribution in [0.4, 0.5) is 5.69 Å². The number of aromatic amines is 1. The van der Waals surface area contributed by atoms with Crippen molar-refractivity contribution in [3.8, 4) is 0 Å². The zero-order valence-electron chi connectivity index (χ0n) is 9.29. The Bertz CT molecular complexity index is 332. The number of nitrogens with zero attached hydrogens (tertiary/aromatic N) is 2. The highest BCUT2D eigenvalue weighted by Crippen LogP contribution is 1.97. The van der Waals surface area contributed by atoms with Crippen molar-refractivity contribution in [3.63, 3.8) is 0 Å². The van der Waals surface area contributed by atoms with E-state index in [9.17, 15) is 4.79 Å². The molecule has 0 aliphatic heterocycles. The Labute approximate surface area is 89.5 Å². The lowest BCUT2D eigenvalue weighted by atomic mass is 10.4. The first-order valence-corrected chi connectivity index (χ1v) is 5.27. The van der Waals surface area contributed by atoms with Crippen LogP contribution in [0.5, 0.6) is 0 Å². The second-order valence-corrected chi connectivity index (χ2v) is 3.29. The molecule has 0 aliphatic carbocycles. The molecule has 2 N–H and O–H groups in total. The Kier molecular flexibility index (Phi) is 4.83. The minimum atomic E-state index is -0.178. The monoisotopic (exact) mass is 210 g/mol. The SMILES string of the molecule is CCN(CC)CCNc1cn[nH]c(=O)c1. The molecule has 15 heavy (non-hydrogen) atoms. The maximum absolute atomic E-state index is 10.9. The summed E-state index contributed by atoms with van der Waals surface area (Å²) in [6.07, 6.45) is 1.61. The van der Waals surface area contributed by atoms with E-state index in [-0.39, 0.29) is 5.56 Å². The van der Waals surface area contributed by atoms with E-state index in [1.54, 1.807) is 6.20 Å². The zero-order chi connectivity index (χ0) is 11.1. The average molecular weight is 210 g/mol. The third kappa shape index (κ3) is 4.12. The highest BCUT2D eigenvalue weighted by atomic mass is 16.1. The highest BCUT2D eigenvalue weighted by molar-refractivity contribution is 5.38. The molecule has 1 rings (SSSR count). The number of anilines is 1. The number of hydrogen-bond acceptors (Lipinski definition) is 4. The van der Waals surface area contributed by atoms with Crippen LogP contribution in [-0.2, 0) is 0 Å². The minimum absolute atomic E-state index is 0.178. The largest absolute Gasteiger partial charge is 0.382 e. The maximum atomic E-state index is 10.9. The molecule has 0 saturated carbocycles. The molecular formula is C10H18N4O. The normalized spacial score (nSPS) is 10.6. The molecule has 0 saturated heterocycles. The summed E-state index contributed by atoms with van der Waals surface area (Å²) in [5.74, 6) is 0. The van der Waals surface area contributed by atoms with E-state index in [4.69, 9.17) is 0 Å². The van der Waals surface area contributed by atoms with Gasteiger partial charge in [0.05, 0.1) is 11.9 Å². The lowest BCUT2D eigenvalue weighted by molar-refractivity contribution is 0.316. The third-order valence-electron chi connectivity index (χ3n) is 2.32. The van der Waals surface area contributed by atoms with Crippen LogP contribution < -0.4 is 10.9 Å². The van der Waals surface area contributed by atoms with Crippen LogP contribution in [0.1, 0.15) is 13.8 Å². The molecule has 84 valence electrons. The standard InChI is InChI=1S/C10H18N4O/c1-3-14(4-2)6-5-11-9-7-10(15)13-12-8-9/h7-8H,3-6H2,1-2H3,(H2,11,13,15). The first kappa shape index (κ1) is 11.7. The van der Waals surface area contributed by atoms with E-state index in [0.29, 0.717) is 0 Å². The molecule has 0 unspecified atom stereocenters. The summed E-state index contributed by atoms with van der Waals surface area (Å²) < 4.78 is 0. The molecule has 0 bridgehead atoms. The van der Waals surface area contributed by atoms with Crippen molar-refractivity contribution in [2.24, 2.45) is 0 Å². The van der Waals surface area contributed by atoms with Gasteiger partial charge >= 0.3 is 0 Å². The Balaban J connectivity index is 2.34. The molecule has 1 aromatic rings. The summed E-state index contributed by atoms with van der Waals surface area (Å²) in [5, 5.41) is 9.21. The molecule has 0 spiro atoms. The Morgan fingerprint density at radius 3 is 2.80 bits per heavy atom. The van der Waals surface area contributed by atoms with Crippen LogP contribution >= 0.6 is 0 Å². The van der Waals surface area contributed by atoms with E-state index >= 15 is 0 Å². The molecule has 0 radical (unpaired) electrons. The quantitative estimate of drug-likeness (QED) is 0.718. The third-order valence-corrected chi connectivity index (χ3v) is 2.32. The van der Waals surface area contributed by atoms with E-state index in [1.807, 2.05) is 0 Å². The Morgan fingerprint density at radius 1 is 1.47 bits per heavy atom. The van der Waals surface area contributed by atoms with Gasteiger partial charge in [-0.05, 0) is 13.1 Å². The van der Waals surface area contributed by atoms with Crippen molar-refractivity contribution in [1.82, 2.24) is 15.1 Å². The summed E-state index contributed by atoms with van der Waals surface area (Å²) >= 11 is 0. The molecule has 5 nitrogen and oxygen atoms in total. The second kappa shape index (κ2) is 6.19. The lowest BCUT2D eigenvalue weighted by Gasteiger charge is -2.18. The van der Waals surface area contributed by atoms with E-state index in [1.165, 1.54) is 6.07 Å². The number of likely N-dealkylation sites (N-methyl/N-ethyl adjacent to an activating group) is 1. The second-order valence-electron chi connectivity index (χ2n) is 3.29. The van der Waals surface area contributed by atoms with E-state index in [2.05, 4.69) is 34.3 Å². The predicted octanol–water partition coefficient (Wildman–Crippen LogP) is 0.524. The van der Waals surface area contributed by atoms with Crippen molar-refractivity contribution in [2.75, 3.05) is 31.5 Å². The summed E-state index contributed by atoms with van der Waals surface area (Å²) in [4.78, 5) is 13.2. The molecule has 0 aliphatic rings. The molecule has 1 heterocycles. The number of aromatic nitrogens is 2. The van der Waals surface area contributed by atoms with Gasteiger partial charge in [-0.2, -0.15) is 5.10 Å². The molecule has 0 fully saturated rings. The van der Waals surface area contributed by atoms with Crippen LogP contribution in [0.3, 0.4) is 0 Å². The molecule has 0 atom stereocenters. The van der Waals surface area contributed by atoms with Gasteiger partial charge in [0, 0.05) is 19.2 Å². The van der Waals surface area contributed by atoms with Gasteiger partial charge in [0.1, 0.15) is 0 Å². The highest BCUT2D eigenvalue weighted by Gasteiger charge is 1.98. The van der Waals surface area contributed by atoms with Gasteiger partial charge in [-0.25, -0.2) is 5.10 Å². The lowest BCUT2D eigenvalue weighted by Crippen LogP contribution is -2.28. The predicted molar refractivity (Wildman–Crippen MR) is 61.1 cm³/mol. The molecule has 0 aromatic carbocycles. The fourth-order valence-electron chi connectivity index (χ4n) is 1.37. The molecule has 0 amide bonds. The van der Waals surface area contributed by atoms with Gasteiger partial charge in [-0.1, -0.05) is 13.8 Å². The van der Waals surface area contributed by atoms with Crippen LogP contribution in [0.15, 0.2) is 17.1 Å². The van der Waals surface area contributed by atoms with Crippen molar-refractivity contribution < 1.29 is 0 Å². The van der Waals surface area contributed by atoms with Gasteiger partial charge < -0.3 is 10.2 Å². The van der Waals surface area contributed by atoms with Gasteiger partial charge in [0.15, 0.2) is 0 Å². The number of nitrogens with one attached hydrogen (secondary N) is 2. The Hall–Kier alpha value is -1.36. The zero-order valence-corrected chi connectivity index (χ0v) is 9.29. The van der Waals surface area contributed by atoms with Gasteiger partial charge in [0.25, 0.3) is 5.56 Å². The van der Waals surface area contributed by atoms with Crippen molar-refractivity contribution in [3.05, 3.63) is 22.6 Å². The first-order valence-electron chi connectivity index (χ1n) is 5.27. The molecule has 5 heteroatoms.